The zero-order chi connectivity index (χ0) is 17.5. The van der Waals surface area contributed by atoms with Crippen LogP contribution in [-0.2, 0) is 16.1 Å². The van der Waals surface area contributed by atoms with Gasteiger partial charge in [-0.15, -0.1) is 0 Å². The van der Waals surface area contributed by atoms with Gasteiger partial charge >= 0.3 is 11.8 Å². The minimum atomic E-state index is -0.736. The van der Waals surface area contributed by atoms with Crippen molar-refractivity contribution in [2.45, 2.75) is 19.5 Å². The molecule has 126 valence electrons. The molecule has 0 spiro atoms. The Balaban J connectivity index is 1.84. The van der Waals surface area contributed by atoms with E-state index in [1.54, 1.807) is 50.4 Å². The number of nitrogens with one attached hydrogen (secondary N) is 2. The lowest BCUT2D eigenvalue weighted by Crippen LogP contribution is -2.40. The van der Waals surface area contributed by atoms with Gasteiger partial charge in [0.15, 0.2) is 0 Å². The number of methoxy groups -OCH3 is 1. The number of ether oxygens (including phenoxy) is 1. The summed E-state index contributed by atoms with van der Waals surface area (Å²) in [7, 11) is 1.57. The van der Waals surface area contributed by atoms with Crippen molar-refractivity contribution < 1.29 is 18.7 Å². The Morgan fingerprint density at radius 1 is 1.04 bits per heavy atom. The number of amides is 2. The Hall–Kier alpha value is -2.89. The number of carbonyl (C=O) groups is 2. The van der Waals surface area contributed by atoms with Crippen molar-refractivity contribution in [3.05, 3.63) is 65.5 Å². The van der Waals surface area contributed by atoms with Gasteiger partial charge in [-0.2, -0.15) is 0 Å². The number of carbonyl (C=O) groups excluding carboxylic acids is 2. The van der Waals surface area contributed by atoms with Gasteiger partial charge in [0.05, 0.1) is 13.2 Å². The van der Waals surface area contributed by atoms with Gasteiger partial charge in [0, 0.05) is 6.54 Å². The van der Waals surface area contributed by atoms with E-state index in [4.69, 9.17) is 4.74 Å². The molecule has 0 aliphatic rings. The van der Waals surface area contributed by atoms with E-state index in [2.05, 4.69) is 10.6 Å². The molecule has 0 aromatic heterocycles. The van der Waals surface area contributed by atoms with Gasteiger partial charge in [-0.25, -0.2) is 4.39 Å². The fourth-order valence-corrected chi connectivity index (χ4v) is 2.10. The van der Waals surface area contributed by atoms with Gasteiger partial charge in [-0.3, -0.25) is 9.59 Å². The Kier molecular flexibility index (Phi) is 5.89. The second-order valence-corrected chi connectivity index (χ2v) is 5.28. The first-order valence-corrected chi connectivity index (χ1v) is 7.46. The third-order valence-electron chi connectivity index (χ3n) is 3.54. The molecular formula is C18H19FN2O3. The SMILES string of the molecule is COc1ccc(CNC(=O)C(=O)NC(C)c2ccc(F)cc2)cc1. The molecule has 2 amide bonds. The van der Waals surface area contributed by atoms with E-state index >= 15 is 0 Å². The van der Waals surface area contributed by atoms with Crippen molar-refractivity contribution in [2.24, 2.45) is 0 Å². The Morgan fingerprint density at radius 2 is 1.67 bits per heavy atom. The van der Waals surface area contributed by atoms with Crippen LogP contribution in [0.2, 0.25) is 0 Å². The fraction of sp³-hybridized carbons (Fsp3) is 0.222. The van der Waals surface area contributed by atoms with E-state index in [0.717, 1.165) is 11.3 Å². The largest absolute Gasteiger partial charge is 0.497 e. The highest BCUT2D eigenvalue weighted by Crippen LogP contribution is 2.13. The maximum absolute atomic E-state index is 12.9. The van der Waals surface area contributed by atoms with Crippen molar-refractivity contribution in [2.75, 3.05) is 7.11 Å². The number of hydrogen-bond acceptors (Lipinski definition) is 3. The molecule has 0 saturated carbocycles. The summed E-state index contributed by atoms with van der Waals surface area (Å²) in [5, 5.41) is 5.13. The molecule has 1 atom stereocenters. The third-order valence-corrected chi connectivity index (χ3v) is 3.54. The highest BCUT2D eigenvalue weighted by atomic mass is 19.1. The molecule has 0 saturated heterocycles. The molecule has 2 aromatic carbocycles. The standard InChI is InChI=1S/C18H19FN2O3/c1-12(14-5-7-15(19)8-6-14)21-18(23)17(22)20-11-13-3-9-16(24-2)10-4-13/h3-10,12H,11H2,1-2H3,(H,20,22)(H,21,23). The minimum absolute atomic E-state index is 0.237. The van der Waals surface area contributed by atoms with E-state index in [9.17, 15) is 14.0 Å². The topological polar surface area (TPSA) is 67.4 Å². The average Bonchev–Trinajstić information content (AvgIpc) is 2.60. The molecule has 24 heavy (non-hydrogen) atoms. The van der Waals surface area contributed by atoms with Gasteiger partial charge < -0.3 is 15.4 Å². The van der Waals surface area contributed by atoms with E-state index in [-0.39, 0.29) is 12.4 Å². The molecule has 5 nitrogen and oxygen atoms in total. The molecule has 2 N–H and O–H groups in total. The molecule has 2 aromatic rings. The van der Waals surface area contributed by atoms with Crippen molar-refractivity contribution >= 4 is 11.8 Å². The predicted octanol–water partition coefficient (Wildman–Crippen LogP) is 2.33. The monoisotopic (exact) mass is 330 g/mol. The van der Waals surface area contributed by atoms with Crippen molar-refractivity contribution in [3.63, 3.8) is 0 Å². The Bertz CT molecular complexity index is 699. The molecule has 0 heterocycles. The lowest BCUT2D eigenvalue weighted by Gasteiger charge is -2.14. The van der Waals surface area contributed by atoms with Crippen LogP contribution in [0.15, 0.2) is 48.5 Å². The molecule has 0 aliphatic carbocycles. The number of halogens is 1. The second kappa shape index (κ2) is 8.10. The van der Waals surface area contributed by atoms with Crippen LogP contribution in [0.4, 0.5) is 4.39 Å². The highest BCUT2D eigenvalue weighted by molar-refractivity contribution is 6.35. The van der Waals surface area contributed by atoms with Crippen LogP contribution in [0.1, 0.15) is 24.1 Å². The van der Waals surface area contributed by atoms with E-state index < -0.39 is 17.9 Å². The first kappa shape index (κ1) is 17.5. The summed E-state index contributed by atoms with van der Waals surface area (Å²) < 4.78 is 17.9. The predicted molar refractivity (Wildman–Crippen MR) is 87.8 cm³/mol. The van der Waals surface area contributed by atoms with Crippen LogP contribution < -0.4 is 15.4 Å². The maximum atomic E-state index is 12.9. The Morgan fingerprint density at radius 3 is 2.25 bits per heavy atom. The normalized spacial score (nSPS) is 11.5. The summed E-state index contributed by atoms with van der Waals surface area (Å²) in [5.74, 6) is -1.09. The summed E-state index contributed by atoms with van der Waals surface area (Å²) in [6, 6.07) is 12.5. The molecule has 0 radical (unpaired) electrons. The van der Waals surface area contributed by atoms with Crippen molar-refractivity contribution in [3.8, 4) is 5.75 Å². The minimum Gasteiger partial charge on any atom is -0.497 e. The van der Waals surface area contributed by atoms with E-state index in [1.807, 2.05) is 0 Å². The molecule has 0 bridgehead atoms. The van der Waals surface area contributed by atoms with Gasteiger partial charge in [0.2, 0.25) is 0 Å². The summed E-state index contributed by atoms with van der Waals surface area (Å²) in [5.41, 5.74) is 1.57. The first-order chi connectivity index (χ1) is 11.5. The van der Waals surface area contributed by atoms with Gasteiger partial charge in [0.25, 0.3) is 0 Å². The quantitative estimate of drug-likeness (QED) is 0.827. The van der Waals surface area contributed by atoms with Crippen LogP contribution in [0.25, 0.3) is 0 Å². The van der Waals surface area contributed by atoms with Crippen LogP contribution in [0, 0.1) is 5.82 Å². The second-order valence-electron chi connectivity index (χ2n) is 5.28. The van der Waals surface area contributed by atoms with Crippen LogP contribution >= 0.6 is 0 Å². The average molecular weight is 330 g/mol. The lowest BCUT2D eigenvalue weighted by atomic mass is 10.1. The summed E-state index contributed by atoms with van der Waals surface area (Å²) in [6.45, 7) is 1.96. The first-order valence-electron chi connectivity index (χ1n) is 7.46. The van der Waals surface area contributed by atoms with Crippen LogP contribution in [0.5, 0.6) is 5.75 Å². The fourth-order valence-electron chi connectivity index (χ4n) is 2.10. The molecule has 1 unspecified atom stereocenters. The van der Waals surface area contributed by atoms with E-state index in [0.29, 0.717) is 5.56 Å². The van der Waals surface area contributed by atoms with Gasteiger partial charge in [0.1, 0.15) is 11.6 Å². The summed E-state index contributed by atoms with van der Waals surface area (Å²) in [6.07, 6.45) is 0. The van der Waals surface area contributed by atoms with Crippen molar-refractivity contribution in [1.82, 2.24) is 10.6 Å². The zero-order valence-corrected chi connectivity index (χ0v) is 13.5. The molecule has 6 heteroatoms. The summed E-state index contributed by atoms with van der Waals surface area (Å²) in [4.78, 5) is 23.8. The number of benzene rings is 2. The van der Waals surface area contributed by atoms with Crippen molar-refractivity contribution in [1.29, 1.82) is 0 Å². The van der Waals surface area contributed by atoms with Gasteiger partial charge in [-0.1, -0.05) is 24.3 Å². The molecule has 0 aliphatic heterocycles. The van der Waals surface area contributed by atoms with Crippen LogP contribution in [-0.4, -0.2) is 18.9 Å². The van der Waals surface area contributed by atoms with Gasteiger partial charge in [-0.05, 0) is 42.3 Å². The maximum Gasteiger partial charge on any atom is 0.309 e. The molecule has 2 rings (SSSR count). The van der Waals surface area contributed by atoms with Crippen LogP contribution in [0.3, 0.4) is 0 Å². The zero-order valence-electron chi connectivity index (χ0n) is 13.5. The van der Waals surface area contributed by atoms with E-state index in [1.165, 1.54) is 12.1 Å². The smallest absolute Gasteiger partial charge is 0.309 e. The highest BCUT2D eigenvalue weighted by Gasteiger charge is 2.16. The third kappa shape index (κ3) is 4.81. The Labute approximate surface area is 139 Å². The lowest BCUT2D eigenvalue weighted by molar-refractivity contribution is -0.139. The number of rotatable bonds is 5. The molecule has 0 fully saturated rings. The number of hydrogen-bond donors (Lipinski definition) is 2. The summed E-state index contributed by atoms with van der Waals surface area (Å²) >= 11 is 0. The molecular weight excluding hydrogens is 311 g/mol.